The number of benzene rings is 2. The van der Waals surface area contributed by atoms with Gasteiger partial charge in [0.15, 0.2) is 0 Å². The number of hydrogen-bond acceptors (Lipinski definition) is 5. The first kappa shape index (κ1) is 21.4. The van der Waals surface area contributed by atoms with Gasteiger partial charge in [-0.25, -0.2) is 9.97 Å². The predicted molar refractivity (Wildman–Crippen MR) is 117 cm³/mol. The fraction of sp³-hybridized carbons (Fsp3) is 0.273. The highest BCUT2D eigenvalue weighted by atomic mass is 35.5. The molecule has 0 bridgehead atoms. The van der Waals surface area contributed by atoms with Crippen molar-refractivity contribution in [2.24, 2.45) is 0 Å². The zero-order valence-electron chi connectivity index (χ0n) is 16.8. The van der Waals surface area contributed by atoms with Crippen LogP contribution < -0.4 is 10.2 Å². The quantitative estimate of drug-likeness (QED) is 0.587. The summed E-state index contributed by atoms with van der Waals surface area (Å²) in [5.74, 6) is 0.216. The number of hydrogen-bond donors (Lipinski definition) is 1. The van der Waals surface area contributed by atoms with Gasteiger partial charge in [0.05, 0.1) is 11.3 Å². The van der Waals surface area contributed by atoms with Gasteiger partial charge in [-0.15, -0.1) is 0 Å². The fourth-order valence-electron chi connectivity index (χ4n) is 3.49. The van der Waals surface area contributed by atoms with Crippen molar-refractivity contribution in [2.75, 3.05) is 43.4 Å². The average Bonchev–Trinajstić information content (AvgIpc) is 2.74. The largest absolute Gasteiger partial charge is 0.418 e. The molecule has 0 atom stereocenters. The predicted octanol–water partition coefficient (Wildman–Crippen LogP) is 5.31. The molecule has 0 radical (unpaired) electrons. The van der Waals surface area contributed by atoms with Crippen LogP contribution in [0.4, 0.5) is 30.5 Å². The second-order valence-corrected chi connectivity index (χ2v) is 7.85. The van der Waals surface area contributed by atoms with Crippen molar-refractivity contribution in [2.45, 2.75) is 6.18 Å². The van der Waals surface area contributed by atoms with E-state index >= 15 is 0 Å². The molecule has 2 aromatic carbocycles. The standard InChI is InChI=1S/C22H21ClF3N5/c1-30-10-12-31(13-11-30)20-7-6-17(14-18(20)22(24,25)26)28-21-27-9-8-19(29-21)15-2-4-16(23)5-3-15/h2-9,14H,10-13H2,1H3,(H,27,28,29). The van der Waals surface area contributed by atoms with Crippen LogP contribution in [0, 0.1) is 0 Å². The summed E-state index contributed by atoms with van der Waals surface area (Å²) >= 11 is 5.92. The normalized spacial score (nSPS) is 15.2. The summed E-state index contributed by atoms with van der Waals surface area (Å²) in [6.45, 7) is 2.56. The van der Waals surface area contributed by atoms with Crippen molar-refractivity contribution in [1.29, 1.82) is 0 Å². The second kappa shape index (κ2) is 8.72. The van der Waals surface area contributed by atoms with Gasteiger partial charge in [-0.05, 0) is 43.4 Å². The number of rotatable bonds is 4. The Morgan fingerprint density at radius 2 is 1.68 bits per heavy atom. The minimum atomic E-state index is -4.47. The maximum Gasteiger partial charge on any atom is 0.418 e. The van der Waals surface area contributed by atoms with E-state index in [2.05, 4.69) is 20.2 Å². The molecule has 1 N–H and O–H groups in total. The summed E-state index contributed by atoms with van der Waals surface area (Å²) in [6.07, 6.45) is -2.91. The molecule has 0 unspecified atom stereocenters. The molecule has 31 heavy (non-hydrogen) atoms. The van der Waals surface area contributed by atoms with Gasteiger partial charge in [-0.3, -0.25) is 0 Å². The third-order valence-corrected chi connectivity index (χ3v) is 5.45. The van der Waals surface area contributed by atoms with Crippen molar-refractivity contribution in [3.63, 3.8) is 0 Å². The van der Waals surface area contributed by atoms with E-state index < -0.39 is 11.7 Å². The Morgan fingerprint density at radius 1 is 0.968 bits per heavy atom. The Hall–Kier alpha value is -2.84. The minimum Gasteiger partial charge on any atom is -0.368 e. The van der Waals surface area contributed by atoms with Crippen LogP contribution in [0.2, 0.25) is 5.02 Å². The van der Waals surface area contributed by atoms with Crippen LogP contribution in [-0.2, 0) is 6.18 Å². The average molecular weight is 448 g/mol. The number of nitrogens with one attached hydrogen (secondary N) is 1. The Kier molecular flexibility index (Phi) is 6.02. The first-order valence-electron chi connectivity index (χ1n) is 9.80. The molecule has 1 saturated heterocycles. The van der Waals surface area contributed by atoms with E-state index in [9.17, 15) is 13.2 Å². The van der Waals surface area contributed by atoms with Crippen LogP contribution >= 0.6 is 11.6 Å². The van der Waals surface area contributed by atoms with Gasteiger partial charge in [0.2, 0.25) is 5.95 Å². The zero-order valence-corrected chi connectivity index (χ0v) is 17.6. The molecule has 0 saturated carbocycles. The molecule has 3 aromatic rings. The third-order valence-electron chi connectivity index (χ3n) is 5.20. The van der Waals surface area contributed by atoms with E-state index in [1.54, 1.807) is 35.4 Å². The molecule has 1 fully saturated rings. The van der Waals surface area contributed by atoms with Crippen LogP contribution in [0.25, 0.3) is 11.3 Å². The van der Waals surface area contributed by atoms with E-state index in [4.69, 9.17) is 11.6 Å². The highest BCUT2D eigenvalue weighted by molar-refractivity contribution is 6.30. The number of anilines is 3. The number of piperazine rings is 1. The zero-order chi connectivity index (χ0) is 22.0. The van der Waals surface area contributed by atoms with Crippen molar-refractivity contribution >= 4 is 28.9 Å². The summed E-state index contributed by atoms with van der Waals surface area (Å²) in [5, 5.41) is 3.51. The summed E-state index contributed by atoms with van der Waals surface area (Å²) in [7, 11) is 1.97. The first-order chi connectivity index (χ1) is 14.8. The fourth-order valence-corrected chi connectivity index (χ4v) is 3.62. The van der Waals surface area contributed by atoms with Crippen molar-refractivity contribution in [3.8, 4) is 11.3 Å². The lowest BCUT2D eigenvalue weighted by Gasteiger charge is -2.35. The van der Waals surface area contributed by atoms with Crippen LogP contribution in [0.15, 0.2) is 54.7 Å². The molecule has 4 rings (SSSR count). The van der Waals surface area contributed by atoms with Gasteiger partial charge in [-0.1, -0.05) is 23.7 Å². The van der Waals surface area contributed by atoms with Gasteiger partial charge >= 0.3 is 6.18 Å². The lowest BCUT2D eigenvalue weighted by Crippen LogP contribution is -2.45. The summed E-state index contributed by atoms with van der Waals surface area (Å²) < 4.78 is 41.4. The third kappa shape index (κ3) is 5.08. The number of halogens is 4. The Labute approximate surface area is 183 Å². The van der Waals surface area contributed by atoms with E-state index in [-0.39, 0.29) is 17.3 Å². The maximum absolute atomic E-state index is 13.8. The second-order valence-electron chi connectivity index (χ2n) is 7.42. The lowest BCUT2D eigenvalue weighted by atomic mass is 10.1. The summed E-state index contributed by atoms with van der Waals surface area (Å²) in [5.41, 5.74) is 1.27. The first-order valence-corrected chi connectivity index (χ1v) is 10.2. The Balaban J connectivity index is 1.60. The van der Waals surface area contributed by atoms with Crippen molar-refractivity contribution < 1.29 is 13.2 Å². The number of alkyl halides is 3. The Bertz CT molecular complexity index is 1050. The van der Waals surface area contributed by atoms with E-state index in [0.29, 0.717) is 23.8 Å². The van der Waals surface area contributed by atoms with Crippen LogP contribution in [-0.4, -0.2) is 48.1 Å². The lowest BCUT2D eigenvalue weighted by molar-refractivity contribution is -0.137. The summed E-state index contributed by atoms with van der Waals surface area (Å²) in [4.78, 5) is 12.4. The molecular formula is C22H21ClF3N5. The van der Waals surface area contributed by atoms with Crippen LogP contribution in [0.5, 0.6) is 0 Å². The maximum atomic E-state index is 13.8. The number of aromatic nitrogens is 2. The molecule has 0 amide bonds. The van der Waals surface area contributed by atoms with E-state index in [0.717, 1.165) is 24.7 Å². The molecule has 1 aromatic heterocycles. The highest BCUT2D eigenvalue weighted by Crippen LogP contribution is 2.39. The molecule has 1 aliphatic heterocycles. The minimum absolute atomic E-state index is 0.196. The SMILES string of the molecule is CN1CCN(c2ccc(Nc3nccc(-c4ccc(Cl)cc4)n3)cc2C(F)(F)F)CC1. The monoisotopic (exact) mass is 447 g/mol. The Morgan fingerprint density at radius 3 is 2.35 bits per heavy atom. The molecule has 1 aliphatic rings. The van der Waals surface area contributed by atoms with Crippen LogP contribution in [0.1, 0.15) is 5.56 Å². The van der Waals surface area contributed by atoms with Gasteiger partial charge < -0.3 is 15.1 Å². The smallest absolute Gasteiger partial charge is 0.368 e. The molecule has 0 spiro atoms. The van der Waals surface area contributed by atoms with Gasteiger partial charge in [0, 0.05) is 54.3 Å². The van der Waals surface area contributed by atoms with Crippen molar-refractivity contribution in [3.05, 3.63) is 65.3 Å². The van der Waals surface area contributed by atoms with E-state index in [1.807, 2.05) is 19.2 Å². The van der Waals surface area contributed by atoms with Crippen LogP contribution in [0.3, 0.4) is 0 Å². The molecule has 5 nitrogen and oxygen atoms in total. The molecule has 0 aliphatic carbocycles. The number of nitrogens with zero attached hydrogens (tertiary/aromatic N) is 4. The van der Waals surface area contributed by atoms with Crippen molar-refractivity contribution in [1.82, 2.24) is 14.9 Å². The van der Waals surface area contributed by atoms with E-state index in [1.165, 1.54) is 6.07 Å². The summed E-state index contributed by atoms with van der Waals surface area (Å²) in [6, 6.07) is 13.1. The number of likely N-dealkylation sites (N-methyl/N-ethyl adjacent to an activating group) is 1. The molecular weight excluding hydrogens is 427 g/mol. The molecule has 9 heteroatoms. The highest BCUT2D eigenvalue weighted by Gasteiger charge is 2.35. The van der Waals surface area contributed by atoms with Gasteiger partial charge in [0.25, 0.3) is 0 Å². The van der Waals surface area contributed by atoms with Gasteiger partial charge in [0.1, 0.15) is 0 Å². The molecule has 2 heterocycles. The topological polar surface area (TPSA) is 44.3 Å². The molecule has 162 valence electrons. The van der Waals surface area contributed by atoms with Gasteiger partial charge in [-0.2, -0.15) is 13.2 Å².